The molecule has 224 valence electrons. The van der Waals surface area contributed by atoms with Gasteiger partial charge in [0.25, 0.3) is 0 Å². The third-order valence-electron chi connectivity index (χ3n) is 9.32. The van der Waals surface area contributed by atoms with Crippen molar-refractivity contribution < 1.29 is 42.9 Å². The molecule has 2 aromatic rings. The summed E-state index contributed by atoms with van der Waals surface area (Å²) in [6, 6.07) is 11.8. The van der Waals surface area contributed by atoms with Crippen LogP contribution in [0.2, 0.25) is 0 Å². The van der Waals surface area contributed by atoms with E-state index in [4.69, 9.17) is 23.7 Å². The lowest BCUT2D eigenvalue weighted by molar-refractivity contribution is -0.296. The monoisotopic (exact) mass is 579 g/mol. The Kier molecular flexibility index (Phi) is 7.64. The van der Waals surface area contributed by atoms with Crippen LogP contribution in [0, 0.1) is 17.3 Å². The van der Waals surface area contributed by atoms with Crippen molar-refractivity contribution in [3.8, 4) is 0 Å². The molecule has 1 saturated heterocycles. The molecule has 8 atom stereocenters. The zero-order chi connectivity index (χ0) is 30.4. The number of benzene rings is 1. The first kappa shape index (κ1) is 29.7. The highest BCUT2D eigenvalue weighted by atomic mass is 16.6. The fraction of sp³-hybridized carbons (Fsp3) is 0.531. The van der Waals surface area contributed by atoms with Crippen LogP contribution in [0.4, 0.5) is 0 Å². The van der Waals surface area contributed by atoms with Crippen molar-refractivity contribution in [1.82, 2.24) is 4.98 Å². The molecule has 10 nitrogen and oxygen atoms in total. The minimum atomic E-state index is -1.31. The number of esters is 4. The second-order valence-corrected chi connectivity index (χ2v) is 12.2. The molecule has 1 aliphatic heterocycles. The fourth-order valence-corrected chi connectivity index (χ4v) is 7.67. The molecule has 2 heterocycles. The average molecular weight is 580 g/mol. The Morgan fingerprint density at radius 2 is 1.43 bits per heavy atom. The van der Waals surface area contributed by atoms with Crippen LogP contribution in [0.25, 0.3) is 0 Å². The Morgan fingerprint density at radius 1 is 0.810 bits per heavy atom. The molecule has 2 bridgehead atoms. The quantitative estimate of drug-likeness (QED) is 0.361. The van der Waals surface area contributed by atoms with E-state index in [0.29, 0.717) is 18.4 Å². The van der Waals surface area contributed by atoms with Gasteiger partial charge in [-0.15, -0.1) is 0 Å². The predicted octanol–water partition coefficient (Wildman–Crippen LogP) is 4.31. The van der Waals surface area contributed by atoms with Gasteiger partial charge in [-0.1, -0.05) is 25.1 Å². The minimum absolute atomic E-state index is 0.203. The van der Waals surface area contributed by atoms with Crippen LogP contribution in [0.3, 0.4) is 0 Å². The molecular formula is C32H37NO9. The highest BCUT2D eigenvalue weighted by Crippen LogP contribution is 2.68. The van der Waals surface area contributed by atoms with Crippen LogP contribution in [0.15, 0.2) is 54.9 Å². The molecule has 42 heavy (non-hydrogen) atoms. The first-order valence-corrected chi connectivity index (χ1v) is 14.2. The molecule has 2 aliphatic carbocycles. The van der Waals surface area contributed by atoms with E-state index in [-0.39, 0.29) is 11.5 Å². The zero-order valence-electron chi connectivity index (χ0n) is 24.7. The summed E-state index contributed by atoms with van der Waals surface area (Å²) in [5, 5.41) is 0. The van der Waals surface area contributed by atoms with Gasteiger partial charge in [-0.3, -0.25) is 14.6 Å². The van der Waals surface area contributed by atoms with Gasteiger partial charge in [0.2, 0.25) is 0 Å². The molecule has 3 aliphatic rings. The average Bonchev–Trinajstić information content (AvgIpc) is 3.15. The van der Waals surface area contributed by atoms with Gasteiger partial charge in [0.15, 0.2) is 6.10 Å². The van der Waals surface area contributed by atoms with Gasteiger partial charge >= 0.3 is 23.9 Å². The van der Waals surface area contributed by atoms with Gasteiger partial charge in [-0.2, -0.15) is 0 Å². The van der Waals surface area contributed by atoms with Crippen LogP contribution in [0.1, 0.15) is 75.1 Å². The van der Waals surface area contributed by atoms with Crippen LogP contribution in [0.5, 0.6) is 0 Å². The first-order valence-electron chi connectivity index (χ1n) is 14.2. The molecule has 1 aromatic heterocycles. The molecule has 3 fully saturated rings. The van der Waals surface area contributed by atoms with E-state index in [9.17, 15) is 19.2 Å². The topological polar surface area (TPSA) is 127 Å². The van der Waals surface area contributed by atoms with Crippen molar-refractivity contribution in [1.29, 1.82) is 0 Å². The van der Waals surface area contributed by atoms with Gasteiger partial charge in [-0.05, 0) is 63.8 Å². The lowest BCUT2D eigenvalue weighted by Crippen LogP contribution is -2.76. The summed E-state index contributed by atoms with van der Waals surface area (Å²) in [7, 11) is 0. The summed E-state index contributed by atoms with van der Waals surface area (Å²) >= 11 is 0. The van der Waals surface area contributed by atoms with Gasteiger partial charge in [-0.25, -0.2) is 9.59 Å². The third-order valence-corrected chi connectivity index (χ3v) is 9.32. The molecule has 0 radical (unpaired) electrons. The Hall–Kier alpha value is -3.79. The number of aromatic nitrogens is 1. The Balaban J connectivity index is 1.71. The van der Waals surface area contributed by atoms with E-state index in [1.807, 2.05) is 27.7 Å². The molecule has 8 unspecified atom stereocenters. The summed E-state index contributed by atoms with van der Waals surface area (Å²) in [6.45, 7) is 10.1. The normalized spacial score (nSPS) is 34.4. The SMILES string of the molecule is CC(=O)OC1C2C(OC(=O)c3ccccc3)C3(OC2(C)C)C(C)CCC(OC(C)=O)C3(C)C1OC(=O)c1cccnc1. The summed E-state index contributed by atoms with van der Waals surface area (Å²) in [5.74, 6) is -3.34. The van der Waals surface area contributed by atoms with Gasteiger partial charge in [0, 0.05) is 26.2 Å². The summed E-state index contributed by atoms with van der Waals surface area (Å²) in [6.07, 6.45) is -0.0405. The minimum Gasteiger partial charge on any atom is -0.462 e. The predicted molar refractivity (Wildman–Crippen MR) is 148 cm³/mol. The maximum Gasteiger partial charge on any atom is 0.340 e. The van der Waals surface area contributed by atoms with Crippen molar-refractivity contribution in [2.45, 2.75) is 90.0 Å². The smallest absolute Gasteiger partial charge is 0.340 e. The lowest BCUT2D eigenvalue weighted by atomic mass is 9.48. The van der Waals surface area contributed by atoms with Crippen molar-refractivity contribution in [3.63, 3.8) is 0 Å². The van der Waals surface area contributed by atoms with E-state index in [1.165, 1.54) is 26.2 Å². The largest absolute Gasteiger partial charge is 0.462 e. The van der Waals surface area contributed by atoms with Crippen LogP contribution < -0.4 is 0 Å². The molecular weight excluding hydrogens is 542 g/mol. The fourth-order valence-electron chi connectivity index (χ4n) is 7.67. The van der Waals surface area contributed by atoms with Crippen LogP contribution in [-0.4, -0.2) is 64.5 Å². The summed E-state index contributed by atoms with van der Waals surface area (Å²) in [4.78, 5) is 56.3. The number of fused-ring (bicyclic) bond motifs is 1. The molecule has 10 heteroatoms. The number of carbonyl (C=O) groups is 4. The summed E-state index contributed by atoms with van der Waals surface area (Å²) < 4.78 is 31.5. The molecule has 0 N–H and O–H groups in total. The van der Waals surface area contributed by atoms with Crippen LogP contribution in [-0.2, 0) is 33.3 Å². The first-order chi connectivity index (χ1) is 19.8. The van der Waals surface area contributed by atoms with E-state index in [1.54, 1.807) is 42.5 Å². The molecule has 5 rings (SSSR count). The van der Waals surface area contributed by atoms with E-state index in [2.05, 4.69) is 4.98 Å². The highest BCUT2D eigenvalue weighted by Gasteiger charge is 2.82. The Morgan fingerprint density at radius 3 is 2.05 bits per heavy atom. The van der Waals surface area contributed by atoms with E-state index in [0.717, 1.165) is 0 Å². The highest BCUT2D eigenvalue weighted by molar-refractivity contribution is 5.90. The van der Waals surface area contributed by atoms with E-state index < -0.39 is 70.8 Å². The summed E-state index contributed by atoms with van der Waals surface area (Å²) in [5.41, 5.74) is -3.04. The zero-order valence-corrected chi connectivity index (χ0v) is 24.7. The maximum atomic E-state index is 13.6. The Labute approximate surface area is 245 Å². The molecule has 2 saturated carbocycles. The van der Waals surface area contributed by atoms with Crippen molar-refractivity contribution >= 4 is 23.9 Å². The van der Waals surface area contributed by atoms with Gasteiger partial charge in [0.05, 0.1) is 28.1 Å². The Bertz CT molecular complexity index is 1360. The number of rotatable bonds is 6. The second kappa shape index (κ2) is 10.8. The molecule has 0 amide bonds. The third kappa shape index (κ3) is 4.65. The van der Waals surface area contributed by atoms with Crippen LogP contribution >= 0.6 is 0 Å². The van der Waals surface area contributed by atoms with Gasteiger partial charge in [0.1, 0.15) is 23.9 Å². The second-order valence-electron chi connectivity index (χ2n) is 12.2. The van der Waals surface area contributed by atoms with E-state index >= 15 is 0 Å². The molecule has 1 aromatic carbocycles. The van der Waals surface area contributed by atoms with Crippen molar-refractivity contribution in [3.05, 3.63) is 66.0 Å². The number of ether oxygens (including phenoxy) is 5. The number of hydrogen-bond donors (Lipinski definition) is 0. The number of hydrogen-bond acceptors (Lipinski definition) is 10. The number of pyridine rings is 1. The molecule has 1 spiro atoms. The number of nitrogens with zero attached hydrogens (tertiary/aromatic N) is 1. The lowest BCUT2D eigenvalue weighted by Gasteiger charge is -2.62. The standard InChI is InChI=1S/C32H37NO9/c1-18-14-15-23(38-19(2)34)31(6)27(41-29(37)22-13-10-16-33-17-22)25(39-20(3)35)24-26(32(18,31)42-30(24,4)5)40-28(36)21-11-8-7-9-12-21/h7-13,16-18,23-27H,14-15H2,1-6H3. The van der Waals surface area contributed by atoms with Crippen molar-refractivity contribution in [2.24, 2.45) is 17.3 Å². The maximum absolute atomic E-state index is 13.6. The number of carbonyl (C=O) groups excluding carboxylic acids is 4. The van der Waals surface area contributed by atoms with Crippen molar-refractivity contribution in [2.75, 3.05) is 0 Å². The van der Waals surface area contributed by atoms with Gasteiger partial charge < -0.3 is 23.7 Å².